The van der Waals surface area contributed by atoms with Crippen LogP contribution < -0.4 is 5.32 Å². The number of aryl methyl sites for hydroxylation is 2. The lowest BCUT2D eigenvalue weighted by Gasteiger charge is -2.38. The number of nitro benzene ring substituents is 1. The summed E-state index contributed by atoms with van der Waals surface area (Å²) in [5, 5.41) is 14.6. The average Bonchev–Trinajstić information content (AvgIpc) is 3.04. The zero-order chi connectivity index (χ0) is 16.8. The molecule has 0 amide bonds. The maximum absolute atomic E-state index is 10.9. The molecule has 4 heteroatoms. The Morgan fingerprint density at radius 2 is 1.92 bits per heavy atom. The van der Waals surface area contributed by atoms with E-state index in [9.17, 15) is 10.1 Å². The van der Waals surface area contributed by atoms with Gasteiger partial charge >= 0.3 is 0 Å². The highest BCUT2D eigenvalue weighted by atomic mass is 16.6. The molecule has 2 aromatic carbocycles. The van der Waals surface area contributed by atoms with Crippen molar-refractivity contribution in [3.05, 3.63) is 80.9 Å². The number of anilines is 1. The summed E-state index contributed by atoms with van der Waals surface area (Å²) in [6.45, 7) is 4.29. The van der Waals surface area contributed by atoms with E-state index in [0.29, 0.717) is 11.8 Å². The van der Waals surface area contributed by atoms with Crippen molar-refractivity contribution in [3.8, 4) is 0 Å². The fourth-order valence-corrected chi connectivity index (χ4v) is 4.21. The number of hydrogen-bond acceptors (Lipinski definition) is 3. The molecule has 1 aliphatic heterocycles. The van der Waals surface area contributed by atoms with E-state index in [4.69, 9.17) is 0 Å². The number of rotatable bonds is 2. The number of nitrogens with zero attached hydrogens (tertiary/aromatic N) is 1. The third kappa shape index (κ3) is 2.30. The largest absolute Gasteiger partial charge is 0.377 e. The van der Waals surface area contributed by atoms with Gasteiger partial charge in [0.2, 0.25) is 0 Å². The van der Waals surface area contributed by atoms with Crippen LogP contribution in [0.4, 0.5) is 11.4 Å². The Hall–Kier alpha value is -2.62. The topological polar surface area (TPSA) is 55.2 Å². The molecule has 0 radical (unpaired) electrons. The van der Waals surface area contributed by atoms with E-state index in [1.807, 2.05) is 12.1 Å². The third-order valence-corrected chi connectivity index (χ3v) is 5.27. The summed E-state index contributed by atoms with van der Waals surface area (Å²) in [6.07, 6.45) is 5.62. The van der Waals surface area contributed by atoms with Crippen LogP contribution in [0.5, 0.6) is 0 Å². The first-order chi connectivity index (χ1) is 11.5. The van der Waals surface area contributed by atoms with Crippen LogP contribution in [-0.4, -0.2) is 4.92 Å². The number of allylic oxidation sites excluding steroid dienone is 2. The van der Waals surface area contributed by atoms with Gasteiger partial charge in [-0.25, -0.2) is 0 Å². The summed E-state index contributed by atoms with van der Waals surface area (Å²) >= 11 is 0. The number of non-ortho nitro benzene ring substituents is 1. The average molecular weight is 320 g/mol. The molecule has 0 saturated heterocycles. The van der Waals surface area contributed by atoms with Crippen molar-refractivity contribution in [3.63, 3.8) is 0 Å². The Bertz CT molecular complexity index is 839. The van der Waals surface area contributed by atoms with Crippen LogP contribution in [0.15, 0.2) is 48.6 Å². The molecular formula is C20H20N2O2. The summed E-state index contributed by atoms with van der Waals surface area (Å²) in [6, 6.07) is 11.7. The lowest BCUT2D eigenvalue weighted by molar-refractivity contribution is -0.384. The molecule has 1 heterocycles. The van der Waals surface area contributed by atoms with E-state index in [0.717, 1.165) is 12.0 Å². The van der Waals surface area contributed by atoms with Gasteiger partial charge in [-0.2, -0.15) is 0 Å². The molecule has 2 aromatic rings. The standard InChI is InChI=1S/C20H20N2O2/c1-12-10-13(2)19-18(11-12)16-4-3-5-17(16)20(21-19)14-6-8-15(9-7-14)22(23)24/h3-4,6-11,16-17,20-21H,5H2,1-2H3/t16-,17-,20-/m0/s1. The molecule has 2 aliphatic rings. The van der Waals surface area contributed by atoms with Crippen molar-refractivity contribution < 1.29 is 4.92 Å². The van der Waals surface area contributed by atoms with Crippen molar-refractivity contribution in [2.75, 3.05) is 5.32 Å². The number of nitrogens with one attached hydrogen (secondary N) is 1. The fraction of sp³-hybridized carbons (Fsp3) is 0.300. The molecule has 3 atom stereocenters. The van der Waals surface area contributed by atoms with Gasteiger partial charge in [0, 0.05) is 23.7 Å². The van der Waals surface area contributed by atoms with E-state index in [1.54, 1.807) is 12.1 Å². The Kier molecular flexibility index (Phi) is 3.41. The van der Waals surface area contributed by atoms with Gasteiger partial charge in [0.15, 0.2) is 0 Å². The number of benzene rings is 2. The second-order valence-electron chi connectivity index (χ2n) is 6.87. The normalized spacial score (nSPS) is 24.2. The summed E-state index contributed by atoms with van der Waals surface area (Å²) in [4.78, 5) is 10.5. The van der Waals surface area contributed by atoms with Crippen LogP contribution in [-0.2, 0) is 0 Å². The quantitative estimate of drug-likeness (QED) is 0.479. The Balaban J connectivity index is 1.76. The van der Waals surface area contributed by atoms with Gasteiger partial charge < -0.3 is 5.32 Å². The molecule has 122 valence electrons. The monoisotopic (exact) mass is 320 g/mol. The predicted molar refractivity (Wildman–Crippen MR) is 95.4 cm³/mol. The van der Waals surface area contributed by atoms with Gasteiger partial charge in [-0.1, -0.05) is 42.0 Å². The highest BCUT2D eigenvalue weighted by molar-refractivity contribution is 5.65. The van der Waals surface area contributed by atoms with Crippen molar-refractivity contribution in [1.82, 2.24) is 0 Å². The number of fused-ring (bicyclic) bond motifs is 3. The van der Waals surface area contributed by atoms with E-state index < -0.39 is 0 Å². The van der Waals surface area contributed by atoms with Gasteiger partial charge in [-0.15, -0.1) is 0 Å². The SMILES string of the molecule is Cc1cc(C)c2c(c1)[C@H]1C=CC[C@@H]1[C@H](c1ccc([N+](=O)[O-])cc1)N2. The highest BCUT2D eigenvalue weighted by Crippen LogP contribution is 2.50. The molecule has 1 aliphatic carbocycles. The first-order valence-corrected chi connectivity index (χ1v) is 8.33. The Morgan fingerprint density at radius 1 is 1.17 bits per heavy atom. The third-order valence-electron chi connectivity index (χ3n) is 5.27. The summed E-state index contributed by atoms with van der Waals surface area (Å²) in [7, 11) is 0. The van der Waals surface area contributed by atoms with Gasteiger partial charge in [0.25, 0.3) is 5.69 Å². The van der Waals surface area contributed by atoms with Crippen molar-refractivity contribution >= 4 is 11.4 Å². The minimum Gasteiger partial charge on any atom is -0.377 e. The molecule has 1 N–H and O–H groups in total. The number of nitro groups is 1. The smallest absolute Gasteiger partial charge is 0.269 e. The Labute approximate surface area is 141 Å². The van der Waals surface area contributed by atoms with Crippen LogP contribution >= 0.6 is 0 Å². The molecule has 4 rings (SSSR count). The van der Waals surface area contributed by atoms with Gasteiger partial charge in [-0.3, -0.25) is 10.1 Å². The van der Waals surface area contributed by atoms with Gasteiger partial charge in [0.05, 0.1) is 11.0 Å². The fourth-order valence-electron chi connectivity index (χ4n) is 4.21. The van der Waals surface area contributed by atoms with Crippen LogP contribution in [0.1, 0.15) is 40.6 Å². The van der Waals surface area contributed by atoms with Gasteiger partial charge in [0.1, 0.15) is 0 Å². The molecule has 0 saturated carbocycles. The van der Waals surface area contributed by atoms with Crippen LogP contribution in [0.25, 0.3) is 0 Å². The maximum Gasteiger partial charge on any atom is 0.269 e. The predicted octanol–water partition coefficient (Wildman–Crippen LogP) is 5.04. The molecule has 0 bridgehead atoms. The molecule has 24 heavy (non-hydrogen) atoms. The molecule has 0 spiro atoms. The number of hydrogen-bond donors (Lipinski definition) is 1. The summed E-state index contributed by atoms with van der Waals surface area (Å²) in [5.41, 5.74) is 6.41. The maximum atomic E-state index is 10.9. The summed E-state index contributed by atoms with van der Waals surface area (Å²) < 4.78 is 0. The van der Waals surface area contributed by atoms with Crippen LogP contribution in [0, 0.1) is 29.9 Å². The van der Waals surface area contributed by atoms with Crippen LogP contribution in [0.3, 0.4) is 0 Å². The van der Waals surface area contributed by atoms with E-state index in [-0.39, 0.29) is 16.7 Å². The zero-order valence-corrected chi connectivity index (χ0v) is 13.8. The first kappa shape index (κ1) is 14.9. The first-order valence-electron chi connectivity index (χ1n) is 8.33. The van der Waals surface area contributed by atoms with Crippen LogP contribution in [0.2, 0.25) is 0 Å². The van der Waals surface area contributed by atoms with Gasteiger partial charge in [-0.05, 0) is 42.9 Å². The second-order valence-corrected chi connectivity index (χ2v) is 6.87. The molecule has 0 aromatic heterocycles. The minimum atomic E-state index is -0.347. The Morgan fingerprint density at radius 3 is 2.62 bits per heavy atom. The molecule has 0 unspecified atom stereocenters. The zero-order valence-electron chi connectivity index (χ0n) is 13.8. The lowest BCUT2D eigenvalue weighted by Crippen LogP contribution is -2.29. The minimum absolute atomic E-state index is 0.142. The highest BCUT2D eigenvalue weighted by Gasteiger charge is 2.38. The van der Waals surface area contributed by atoms with E-state index >= 15 is 0 Å². The van der Waals surface area contributed by atoms with E-state index in [1.165, 1.54) is 22.4 Å². The second kappa shape index (κ2) is 5.48. The lowest BCUT2D eigenvalue weighted by atomic mass is 9.76. The molecule has 0 fully saturated rings. The summed E-state index contributed by atoms with van der Waals surface area (Å²) in [5.74, 6) is 0.875. The van der Waals surface area contributed by atoms with E-state index in [2.05, 4.69) is 43.4 Å². The molecular weight excluding hydrogens is 300 g/mol. The van der Waals surface area contributed by atoms with Crippen molar-refractivity contribution in [1.29, 1.82) is 0 Å². The van der Waals surface area contributed by atoms with Crippen molar-refractivity contribution in [2.24, 2.45) is 5.92 Å². The van der Waals surface area contributed by atoms with Crippen molar-refractivity contribution in [2.45, 2.75) is 32.2 Å². The molecule has 4 nitrogen and oxygen atoms in total.